The number of nitrogens with zero attached hydrogens (tertiary/aromatic N) is 1. The summed E-state index contributed by atoms with van der Waals surface area (Å²) in [5.41, 5.74) is 1.34. The molecule has 1 unspecified atom stereocenters. The van der Waals surface area contributed by atoms with E-state index in [0.29, 0.717) is 5.56 Å². The normalized spacial score (nSPS) is 12.6. The van der Waals surface area contributed by atoms with Crippen molar-refractivity contribution in [3.05, 3.63) is 51.5 Å². The van der Waals surface area contributed by atoms with E-state index in [4.69, 9.17) is 0 Å². The van der Waals surface area contributed by atoms with Crippen molar-refractivity contribution in [2.24, 2.45) is 0 Å². The van der Waals surface area contributed by atoms with Crippen molar-refractivity contribution in [2.75, 3.05) is 6.54 Å². The minimum Gasteiger partial charge on any atom is -0.304 e. The quantitative estimate of drug-likeness (QED) is 0.901. The zero-order valence-electron chi connectivity index (χ0n) is 10.9. The molecule has 0 aliphatic carbocycles. The summed E-state index contributed by atoms with van der Waals surface area (Å²) >= 11 is 1.48. The Hall–Kier alpha value is -1.33. The van der Waals surface area contributed by atoms with Gasteiger partial charge in [0, 0.05) is 22.7 Å². The summed E-state index contributed by atoms with van der Waals surface area (Å²) in [6.07, 6.45) is 0.934. The van der Waals surface area contributed by atoms with Gasteiger partial charge in [0.1, 0.15) is 16.6 Å². The van der Waals surface area contributed by atoms with E-state index in [2.05, 4.69) is 10.3 Å². The van der Waals surface area contributed by atoms with Crippen LogP contribution in [0.2, 0.25) is 0 Å². The summed E-state index contributed by atoms with van der Waals surface area (Å²) in [6.45, 7) is 4.69. The molecule has 0 aliphatic rings. The Morgan fingerprint density at radius 2 is 2.16 bits per heavy atom. The van der Waals surface area contributed by atoms with Gasteiger partial charge in [-0.1, -0.05) is 13.0 Å². The van der Waals surface area contributed by atoms with Crippen molar-refractivity contribution in [1.82, 2.24) is 10.3 Å². The van der Waals surface area contributed by atoms with Crippen LogP contribution >= 0.6 is 11.3 Å². The predicted molar refractivity (Wildman–Crippen MR) is 73.3 cm³/mol. The van der Waals surface area contributed by atoms with E-state index in [0.717, 1.165) is 29.7 Å². The molecule has 2 nitrogen and oxygen atoms in total. The molecule has 1 atom stereocenters. The Labute approximate surface area is 115 Å². The van der Waals surface area contributed by atoms with Gasteiger partial charge in [-0.25, -0.2) is 13.8 Å². The lowest BCUT2D eigenvalue weighted by Gasteiger charge is -2.17. The molecule has 0 aliphatic heterocycles. The minimum absolute atomic E-state index is 0.320. The molecule has 0 saturated carbocycles. The molecule has 0 amide bonds. The standard InChI is InChI=1S/C14H16F2N2S/c1-3-6-17-13(14-18-9(2)8-19-14)11-5-4-10(15)7-12(11)16/h4-5,7-8,13,17H,3,6H2,1-2H3. The number of rotatable bonds is 5. The van der Waals surface area contributed by atoms with Crippen LogP contribution in [0.3, 0.4) is 0 Å². The lowest BCUT2D eigenvalue weighted by molar-refractivity contribution is 0.531. The number of aryl methyl sites for hydroxylation is 1. The number of hydrogen-bond donors (Lipinski definition) is 1. The number of thiazole rings is 1. The van der Waals surface area contributed by atoms with Crippen LogP contribution < -0.4 is 5.32 Å². The molecule has 5 heteroatoms. The van der Waals surface area contributed by atoms with Crippen molar-refractivity contribution in [2.45, 2.75) is 26.3 Å². The first-order valence-electron chi connectivity index (χ1n) is 6.22. The summed E-state index contributed by atoms with van der Waals surface area (Å²) in [7, 11) is 0. The number of nitrogens with one attached hydrogen (secondary N) is 1. The molecule has 0 bridgehead atoms. The minimum atomic E-state index is -0.564. The molecule has 1 N–H and O–H groups in total. The highest BCUT2D eigenvalue weighted by molar-refractivity contribution is 7.09. The van der Waals surface area contributed by atoms with Crippen molar-refractivity contribution >= 4 is 11.3 Å². The molecule has 1 aromatic carbocycles. The molecule has 102 valence electrons. The van der Waals surface area contributed by atoms with Crippen LogP contribution in [-0.2, 0) is 0 Å². The third kappa shape index (κ3) is 3.36. The van der Waals surface area contributed by atoms with Crippen LogP contribution in [0.1, 0.15) is 35.7 Å². The lowest BCUT2D eigenvalue weighted by Crippen LogP contribution is -2.24. The second-order valence-corrected chi connectivity index (χ2v) is 5.27. The maximum Gasteiger partial charge on any atom is 0.131 e. The third-order valence-electron chi connectivity index (χ3n) is 2.76. The summed E-state index contributed by atoms with van der Waals surface area (Å²) in [5, 5.41) is 5.99. The second-order valence-electron chi connectivity index (χ2n) is 4.38. The molecule has 2 aromatic rings. The van der Waals surface area contributed by atoms with E-state index in [9.17, 15) is 8.78 Å². The molecule has 0 radical (unpaired) electrons. The van der Waals surface area contributed by atoms with E-state index < -0.39 is 11.6 Å². The molecular formula is C14H16F2N2S. The summed E-state index contributed by atoms with van der Waals surface area (Å²) < 4.78 is 26.9. The number of aromatic nitrogens is 1. The van der Waals surface area contributed by atoms with Crippen LogP contribution in [0.4, 0.5) is 8.78 Å². The second kappa shape index (κ2) is 6.21. The van der Waals surface area contributed by atoms with E-state index in [1.165, 1.54) is 23.5 Å². The fourth-order valence-electron chi connectivity index (χ4n) is 1.86. The van der Waals surface area contributed by atoms with E-state index >= 15 is 0 Å². The van der Waals surface area contributed by atoms with Crippen LogP contribution in [0.15, 0.2) is 23.6 Å². The predicted octanol–water partition coefficient (Wildman–Crippen LogP) is 3.82. The number of benzene rings is 1. The molecule has 0 fully saturated rings. The average molecular weight is 282 g/mol. The topological polar surface area (TPSA) is 24.9 Å². The van der Waals surface area contributed by atoms with Crippen LogP contribution in [0.25, 0.3) is 0 Å². The van der Waals surface area contributed by atoms with Crippen molar-refractivity contribution in [3.63, 3.8) is 0 Å². The number of hydrogen-bond acceptors (Lipinski definition) is 3. The SMILES string of the molecule is CCCNC(c1nc(C)cs1)c1ccc(F)cc1F. The zero-order chi connectivity index (χ0) is 13.8. The highest BCUT2D eigenvalue weighted by Gasteiger charge is 2.20. The van der Waals surface area contributed by atoms with Crippen LogP contribution in [-0.4, -0.2) is 11.5 Å². The molecule has 2 rings (SSSR count). The maximum absolute atomic E-state index is 13.9. The van der Waals surface area contributed by atoms with Gasteiger partial charge in [0.15, 0.2) is 0 Å². The lowest BCUT2D eigenvalue weighted by atomic mass is 10.1. The van der Waals surface area contributed by atoms with Gasteiger partial charge in [0.25, 0.3) is 0 Å². The van der Waals surface area contributed by atoms with Gasteiger partial charge in [-0.05, 0) is 26.0 Å². The van der Waals surface area contributed by atoms with Gasteiger partial charge in [-0.3, -0.25) is 0 Å². The van der Waals surface area contributed by atoms with E-state index in [1.54, 1.807) is 0 Å². The van der Waals surface area contributed by atoms with Gasteiger partial charge < -0.3 is 5.32 Å². The summed E-state index contributed by atoms with van der Waals surface area (Å²) in [5.74, 6) is -1.10. The molecule has 1 heterocycles. The van der Waals surface area contributed by atoms with Gasteiger partial charge in [-0.15, -0.1) is 11.3 Å². The summed E-state index contributed by atoms with van der Waals surface area (Å²) in [4.78, 5) is 4.40. The number of halogens is 2. The third-order valence-corrected chi connectivity index (χ3v) is 3.78. The van der Waals surface area contributed by atoms with Crippen LogP contribution in [0, 0.1) is 18.6 Å². The average Bonchev–Trinajstić information content (AvgIpc) is 2.78. The van der Waals surface area contributed by atoms with Gasteiger partial charge in [0.05, 0.1) is 6.04 Å². The van der Waals surface area contributed by atoms with Gasteiger partial charge in [-0.2, -0.15) is 0 Å². The van der Waals surface area contributed by atoms with Crippen molar-refractivity contribution < 1.29 is 8.78 Å². The Morgan fingerprint density at radius 3 is 2.74 bits per heavy atom. The van der Waals surface area contributed by atoms with E-state index in [-0.39, 0.29) is 6.04 Å². The first kappa shape index (κ1) is 14.1. The Balaban J connectivity index is 2.36. The first-order valence-corrected chi connectivity index (χ1v) is 7.10. The Kier molecular flexibility index (Phi) is 4.61. The molecule has 0 saturated heterocycles. The molecule has 1 aromatic heterocycles. The fourth-order valence-corrected chi connectivity index (χ4v) is 2.75. The van der Waals surface area contributed by atoms with Gasteiger partial charge in [0.2, 0.25) is 0 Å². The van der Waals surface area contributed by atoms with E-state index in [1.807, 2.05) is 19.2 Å². The highest BCUT2D eigenvalue weighted by Crippen LogP contribution is 2.27. The molecular weight excluding hydrogens is 266 g/mol. The largest absolute Gasteiger partial charge is 0.304 e. The Morgan fingerprint density at radius 1 is 1.37 bits per heavy atom. The van der Waals surface area contributed by atoms with Gasteiger partial charge >= 0.3 is 0 Å². The van der Waals surface area contributed by atoms with Crippen LogP contribution in [0.5, 0.6) is 0 Å². The maximum atomic E-state index is 13.9. The fraction of sp³-hybridized carbons (Fsp3) is 0.357. The highest BCUT2D eigenvalue weighted by atomic mass is 32.1. The molecule has 0 spiro atoms. The monoisotopic (exact) mass is 282 g/mol. The smallest absolute Gasteiger partial charge is 0.131 e. The van der Waals surface area contributed by atoms with Crippen molar-refractivity contribution in [1.29, 1.82) is 0 Å². The molecule has 19 heavy (non-hydrogen) atoms. The summed E-state index contributed by atoms with van der Waals surface area (Å²) in [6, 6.07) is 3.35. The zero-order valence-corrected chi connectivity index (χ0v) is 11.7. The Bertz CT molecular complexity index is 554. The first-order chi connectivity index (χ1) is 9.11. The van der Waals surface area contributed by atoms with Crippen molar-refractivity contribution in [3.8, 4) is 0 Å².